The Balaban J connectivity index is 2.80. The molecule has 0 aliphatic carbocycles. The Hall–Kier alpha value is -0.100. The number of halogens is 2. The van der Waals surface area contributed by atoms with E-state index >= 15 is 0 Å². The zero-order valence-corrected chi connectivity index (χ0v) is 16.4. The van der Waals surface area contributed by atoms with E-state index < -0.39 is 0 Å². The van der Waals surface area contributed by atoms with Gasteiger partial charge in [0.2, 0.25) is 0 Å². The molecule has 120 valence electrons. The summed E-state index contributed by atoms with van der Waals surface area (Å²) in [5.41, 5.74) is 1.14. The highest BCUT2D eigenvalue weighted by Gasteiger charge is 2.15. The third-order valence-electron chi connectivity index (χ3n) is 3.23. The smallest absolute Gasteiger partial charge is 0.138 e. The standard InChI is InChI=1S/C16H25Br2NO2/c1-5-20-10-15(11(3)4)19-9-12-7-13(17)8-14(18)16(12)21-6-2/h7-8,11,15,19H,5-6,9-10H2,1-4H3. The van der Waals surface area contributed by atoms with Crippen molar-refractivity contribution in [2.24, 2.45) is 5.92 Å². The average molecular weight is 423 g/mol. The van der Waals surface area contributed by atoms with Crippen LogP contribution in [0.1, 0.15) is 33.3 Å². The molecule has 1 unspecified atom stereocenters. The third-order valence-corrected chi connectivity index (χ3v) is 4.28. The van der Waals surface area contributed by atoms with Crippen molar-refractivity contribution in [2.75, 3.05) is 19.8 Å². The fourth-order valence-electron chi connectivity index (χ4n) is 2.02. The second-order valence-corrected chi connectivity index (χ2v) is 6.97. The molecule has 0 heterocycles. The van der Waals surface area contributed by atoms with E-state index in [1.807, 2.05) is 19.9 Å². The molecule has 0 amide bonds. The van der Waals surface area contributed by atoms with Crippen molar-refractivity contribution in [1.29, 1.82) is 0 Å². The van der Waals surface area contributed by atoms with Crippen LogP contribution in [0.25, 0.3) is 0 Å². The molecule has 5 heteroatoms. The van der Waals surface area contributed by atoms with E-state index in [1.165, 1.54) is 0 Å². The number of hydrogen-bond acceptors (Lipinski definition) is 3. The van der Waals surface area contributed by atoms with Crippen LogP contribution in [0.15, 0.2) is 21.1 Å². The summed E-state index contributed by atoms with van der Waals surface area (Å²) < 4.78 is 13.3. The zero-order chi connectivity index (χ0) is 15.8. The first kappa shape index (κ1) is 18.9. The maximum Gasteiger partial charge on any atom is 0.138 e. The van der Waals surface area contributed by atoms with E-state index in [9.17, 15) is 0 Å². The minimum Gasteiger partial charge on any atom is -0.492 e. The Morgan fingerprint density at radius 2 is 1.86 bits per heavy atom. The van der Waals surface area contributed by atoms with Gasteiger partial charge in [-0.1, -0.05) is 29.8 Å². The Labute approximate surface area is 145 Å². The quantitative estimate of drug-likeness (QED) is 0.622. The van der Waals surface area contributed by atoms with Crippen molar-refractivity contribution in [3.8, 4) is 5.75 Å². The summed E-state index contributed by atoms with van der Waals surface area (Å²) in [6.07, 6.45) is 0. The van der Waals surface area contributed by atoms with Gasteiger partial charge in [0, 0.05) is 29.2 Å². The second-order valence-electron chi connectivity index (χ2n) is 5.20. The summed E-state index contributed by atoms with van der Waals surface area (Å²) in [6, 6.07) is 4.44. The highest BCUT2D eigenvalue weighted by atomic mass is 79.9. The Kier molecular flexibility index (Phi) is 8.86. The molecule has 1 rings (SSSR count). The number of rotatable bonds is 9. The summed E-state index contributed by atoms with van der Waals surface area (Å²) in [7, 11) is 0. The zero-order valence-electron chi connectivity index (χ0n) is 13.2. The molecule has 1 aromatic rings. The predicted octanol–water partition coefficient (Wildman–Crippen LogP) is 4.76. The van der Waals surface area contributed by atoms with E-state index in [-0.39, 0.29) is 0 Å². The normalized spacial score (nSPS) is 12.7. The maximum absolute atomic E-state index is 5.76. The summed E-state index contributed by atoms with van der Waals surface area (Å²) in [5, 5.41) is 3.58. The van der Waals surface area contributed by atoms with Crippen molar-refractivity contribution < 1.29 is 9.47 Å². The number of benzene rings is 1. The van der Waals surface area contributed by atoms with Gasteiger partial charge in [-0.3, -0.25) is 0 Å². The first-order valence-electron chi connectivity index (χ1n) is 7.41. The molecule has 3 nitrogen and oxygen atoms in total. The van der Waals surface area contributed by atoms with Gasteiger partial charge in [-0.05, 0) is 47.8 Å². The van der Waals surface area contributed by atoms with Crippen molar-refractivity contribution >= 4 is 31.9 Å². The number of hydrogen-bond donors (Lipinski definition) is 1. The molecule has 0 radical (unpaired) electrons. The monoisotopic (exact) mass is 421 g/mol. The Bertz CT molecular complexity index is 439. The lowest BCUT2D eigenvalue weighted by Crippen LogP contribution is -2.37. The highest BCUT2D eigenvalue weighted by molar-refractivity contribution is 9.11. The predicted molar refractivity (Wildman–Crippen MR) is 95.0 cm³/mol. The van der Waals surface area contributed by atoms with Crippen molar-refractivity contribution in [1.82, 2.24) is 5.32 Å². The molecule has 0 spiro atoms. The second kappa shape index (κ2) is 9.82. The van der Waals surface area contributed by atoms with Gasteiger partial charge in [0.05, 0.1) is 17.7 Å². The van der Waals surface area contributed by atoms with Gasteiger partial charge in [-0.25, -0.2) is 0 Å². The van der Waals surface area contributed by atoms with Gasteiger partial charge < -0.3 is 14.8 Å². The van der Waals surface area contributed by atoms with Gasteiger partial charge in [0.15, 0.2) is 0 Å². The maximum atomic E-state index is 5.76. The third kappa shape index (κ3) is 6.27. The van der Waals surface area contributed by atoms with Crippen LogP contribution in [-0.4, -0.2) is 25.9 Å². The lowest BCUT2D eigenvalue weighted by Gasteiger charge is -2.23. The van der Waals surface area contributed by atoms with Crippen LogP contribution in [0, 0.1) is 5.92 Å². The van der Waals surface area contributed by atoms with Gasteiger partial charge in [-0.2, -0.15) is 0 Å². The van der Waals surface area contributed by atoms with Crippen molar-refractivity contribution in [2.45, 2.75) is 40.3 Å². The van der Waals surface area contributed by atoms with Crippen molar-refractivity contribution in [3.05, 3.63) is 26.6 Å². The summed E-state index contributed by atoms with van der Waals surface area (Å²) in [4.78, 5) is 0. The van der Waals surface area contributed by atoms with Crippen LogP contribution in [0.2, 0.25) is 0 Å². The Morgan fingerprint density at radius 1 is 1.14 bits per heavy atom. The molecule has 21 heavy (non-hydrogen) atoms. The van der Waals surface area contributed by atoms with E-state index in [0.717, 1.165) is 40.0 Å². The van der Waals surface area contributed by atoms with E-state index in [4.69, 9.17) is 9.47 Å². The van der Waals surface area contributed by atoms with E-state index in [1.54, 1.807) is 0 Å². The SMILES string of the molecule is CCOCC(NCc1cc(Br)cc(Br)c1OCC)C(C)C. The lowest BCUT2D eigenvalue weighted by atomic mass is 10.0. The van der Waals surface area contributed by atoms with Crippen LogP contribution < -0.4 is 10.1 Å². The molecule has 0 aromatic heterocycles. The fraction of sp³-hybridized carbons (Fsp3) is 0.625. The first-order valence-corrected chi connectivity index (χ1v) is 9.00. The van der Waals surface area contributed by atoms with Crippen molar-refractivity contribution in [3.63, 3.8) is 0 Å². The van der Waals surface area contributed by atoms with E-state index in [2.05, 4.69) is 57.1 Å². The average Bonchev–Trinajstić information content (AvgIpc) is 2.42. The molecule has 0 fully saturated rings. The van der Waals surface area contributed by atoms with Gasteiger partial charge in [0.25, 0.3) is 0 Å². The molecule has 0 aliphatic heterocycles. The minimum atomic E-state index is 0.331. The molecule has 0 saturated carbocycles. The molecule has 1 atom stereocenters. The van der Waals surface area contributed by atoms with Gasteiger partial charge >= 0.3 is 0 Å². The molecule has 0 aliphatic rings. The van der Waals surface area contributed by atoms with Gasteiger partial charge in [0.1, 0.15) is 5.75 Å². The van der Waals surface area contributed by atoms with Crippen LogP contribution in [0.3, 0.4) is 0 Å². The summed E-state index contributed by atoms with van der Waals surface area (Å²) in [5.74, 6) is 1.43. The van der Waals surface area contributed by atoms with Crippen LogP contribution in [0.5, 0.6) is 5.75 Å². The van der Waals surface area contributed by atoms with E-state index in [0.29, 0.717) is 18.6 Å². The van der Waals surface area contributed by atoms with Crippen LogP contribution in [-0.2, 0) is 11.3 Å². The van der Waals surface area contributed by atoms with Gasteiger partial charge in [-0.15, -0.1) is 0 Å². The number of nitrogens with one attached hydrogen (secondary N) is 1. The fourth-order valence-corrected chi connectivity index (χ4v) is 3.45. The summed E-state index contributed by atoms with van der Waals surface area (Å²) in [6.45, 7) is 11.3. The van der Waals surface area contributed by atoms with Crippen LogP contribution in [0.4, 0.5) is 0 Å². The Morgan fingerprint density at radius 3 is 2.43 bits per heavy atom. The lowest BCUT2D eigenvalue weighted by molar-refractivity contribution is 0.107. The molecule has 1 aromatic carbocycles. The minimum absolute atomic E-state index is 0.331. The molecular formula is C16H25Br2NO2. The largest absolute Gasteiger partial charge is 0.492 e. The highest BCUT2D eigenvalue weighted by Crippen LogP contribution is 2.33. The number of ether oxygens (including phenoxy) is 2. The first-order chi connectivity index (χ1) is 9.99. The molecular weight excluding hydrogens is 398 g/mol. The summed E-state index contributed by atoms with van der Waals surface area (Å²) >= 11 is 7.11. The van der Waals surface area contributed by atoms with Crippen LogP contribution >= 0.6 is 31.9 Å². The molecule has 1 N–H and O–H groups in total. The molecule has 0 bridgehead atoms. The topological polar surface area (TPSA) is 30.5 Å². The molecule has 0 saturated heterocycles.